The molecule has 0 bridgehead atoms. The SMILES string of the molecule is CN1CCC(CN2c3ccccc3Sc3cccc(O)c32)C1. The number of para-hydroxylation sites is 2. The van der Waals surface area contributed by atoms with Gasteiger partial charge in [-0.25, -0.2) is 0 Å². The topological polar surface area (TPSA) is 26.7 Å². The van der Waals surface area contributed by atoms with E-state index in [0.29, 0.717) is 11.7 Å². The maximum absolute atomic E-state index is 10.4. The van der Waals surface area contributed by atoms with Crippen LogP contribution in [0.3, 0.4) is 0 Å². The molecule has 1 saturated heterocycles. The fourth-order valence-electron chi connectivity index (χ4n) is 3.49. The highest BCUT2D eigenvalue weighted by molar-refractivity contribution is 7.99. The fourth-order valence-corrected chi connectivity index (χ4v) is 4.62. The Morgan fingerprint density at radius 2 is 1.95 bits per heavy atom. The van der Waals surface area contributed by atoms with E-state index in [1.807, 2.05) is 6.07 Å². The number of rotatable bonds is 2. The van der Waals surface area contributed by atoms with Crippen LogP contribution in [0, 0.1) is 5.92 Å². The van der Waals surface area contributed by atoms with Crippen LogP contribution in [0.5, 0.6) is 5.75 Å². The van der Waals surface area contributed by atoms with Crippen molar-refractivity contribution in [3.05, 3.63) is 42.5 Å². The molecule has 2 aliphatic heterocycles. The summed E-state index contributed by atoms with van der Waals surface area (Å²) in [5, 5.41) is 10.4. The summed E-state index contributed by atoms with van der Waals surface area (Å²) in [6.45, 7) is 3.27. The molecule has 1 N–H and O–H groups in total. The molecule has 3 nitrogen and oxygen atoms in total. The van der Waals surface area contributed by atoms with Gasteiger partial charge in [0.25, 0.3) is 0 Å². The summed E-state index contributed by atoms with van der Waals surface area (Å²) < 4.78 is 0. The van der Waals surface area contributed by atoms with Gasteiger partial charge in [0, 0.05) is 22.9 Å². The van der Waals surface area contributed by atoms with Gasteiger partial charge in [0.2, 0.25) is 0 Å². The highest BCUT2D eigenvalue weighted by atomic mass is 32.2. The molecule has 114 valence electrons. The smallest absolute Gasteiger partial charge is 0.140 e. The number of phenolic OH excluding ortho intramolecular Hbond substituents is 1. The molecular formula is C18H20N2OS. The number of hydrogen-bond donors (Lipinski definition) is 1. The third kappa shape index (κ3) is 2.36. The predicted octanol–water partition coefficient (Wildman–Crippen LogP) is 3.95. The highest BCUT2D eigenvalue weighted by Crippen LogP contribution is 2.51. The van der Waals surface area contributed by atoms with Gasteiger partial charge in [0.1, 0.15) is 5.75 Å². The minimum absolute atomic E-state index is 0.380. The predicted molar refractivity (Wildman–Crippen MR) is 91.3 cm³/mol. The van der Waals surface area contributed by atoms with Gasteiger partial charge < -0.3 is 14.9 Å². The Bertz CT molecular complexity index is 703. The quantitative estimate of drug-likeness (QED) is 0.908. The van der Waals surface area contributed by atoms with Gasteiger partial charge in [-0.05, 0) is 50.2 Å². The van der Waals surface area contributed by atoms with E-state index in [2.05, 4.69) is 47.2 Å². The van der Waals surface area contributed by atoms with Gasteiger partial charge in [-0.15, -0.1) is 0 Å². The molecule has 2 heterocycles. The monoisotopic (exact) mass is 312 g/mol. The van der Waals surface area contributed by atoms with Crippen molar-refractivity contribution in [3.8, 4) is 5.75 Å². The molecule has 1 atom stereocenters. The van der Waals surface area contributed by atoms with E-state index in [9.17, 15) is 5.11 Å². The molecule has 0 saturated carbocycles. The Morgan fingerprint density at radius 3 is 2.77 bits per heavy atom. The van der Waals surface area contributed by atoms with Crippen molar-refractivity contribution in [1.82, 2.24) is 4.90 Å². The van der Waals surface area contributed by atoms with E-state index in [0.717, 1.165) is 23.7 Å². The lowest BCUT2D eigenvalue weighted by Gasteiger charge is -2.34. The van der Waals surface area contributed by atoms with E-state index < -0.39 is 0 Å². The van der Waals surface area contributed by atoms with Crippen molar-refractivity contribution in [2.45, 2.75) is 16.2 Å². The number of nitrogens with zero attached hydrogens (tertiary/aromatic N) is 2. The van der Waals surface area contributed by atoms with Gasteiger partial charge in [-0.2, -0.15) is 0 Å². The highest BCUT2D eigenvalue weighted by Gasteiger charge is 2.29. The first kappa shape index (κ1) is 14.0. The zero-order valence-corrected chi connectivity index (χ0v) is 13.5. The molecule has 0 aromatic heterocycles. The summed E-state index contributed by atoms with van der Waals surface area (Å²) in [4.78, 5) is 7.12. The lowest BCUT2D eigenvalue weighted by Crippen LogP contribution is -2.28. The number of benzene rings is 2. The Hall–Kier alpha value is -1.65. The third-order valence-electron chi connectivity index (χ3n) is 4.55. The minimum atomic E-state index is 0.380. The van der Waals surface area contributed by atoms with Gasteiger partial charge in [-0.1, -0.05) is 30.0 Å². The number of hydrogen-bond acceptors (Lipinski definition) is 4. The first-order valence-electron chi connectivity index (χ1n) is 7.77. The standard InChI is InChI=1S/C18H20N2OS/c1-19-10-9-13(11-19)12-20-14-5-2-3-7-16(14)22-17-8-4-6-15(21)18(17)20/h2-8,13,21H,9-12H2,1H3. The van der Waals surface area contributed by atoms with E-state index in [-0.39, 0.29) is 0 Å². The van der Waals surface area contributed by atoms with Crippen LogP contribution in [0.1, 0.15) is 6.42 Å². The maximum Gasteiger partial charge on any atom is 0.140 e. The summed E-state index contributed by atoms with van der Waals surface area (Å²) in [5.41, 5.74) is 2.19. The summed E-state index contributed by atoms with van der Waals surface area (Å²) in [6, 6.07) is 14.3. The number of likely N-dealkylation sites (tertiary alicyclic amines) is 1. The van der Waals surface area contributed by atoms with Crippen LogP contribution in [-0.4, -0.2) is 36.7 Å². The zero-order chi connectivity index (χ0) is 15.1. The molecule has 4 heteroatoms. The molecule has 2 aromatic rings. The molecule has 2 aromatic carbocycles. The summed E-state index contributed by atoms with van der Waals surface area (Å²) in [6.07, 6.45) is 1.23. The molecule has 0 amide bonds. The Morgan fingerprint density at radius 1 is 1.14 bits per heavy atom. The number of anilines is 2. The van der Waals surface area contributed by atoms with Crippen molar-refractivity contribution >= 4 is 23.1 Å². The summed E-state index contributed by atoms with van der Waals surface area (Å²) in [5.74, 6) is 1.03. The van der Waals surface area contributed by atoms with Crippen molar-refractivity contribution in [3.63, 3.8) is 0 Å². The van der Waals surface area contributed by atoms with E-state index in [1.54, 1.807) is 17.8 Å². The van der Waals surface area contributed by atoms with Crippen LogP contribution in [-0.2, 0) is 0 Å². The number of aromatic hydroxyl groups is 1. The number of phenols is 1. The van der Waals surface area contributed by atoms with E-state index in [1.165, 1.54) is 23.5 Å². The molecule has 1 unspecified atom stereocenters. The molecule has 0 radical (unpaired) electrons. The summed E-state index contributed by atoms with van der Waals surface area (Å²) >= 11 is 1.75. The fraction of sp³-hybridized carbons (Fsp3) is 0.333. The van der Waals surface area contributed by atoms with Crippen LogP contribution < -0.4 is 4.90 Å². The Balaban J connectivity index is 1.75. The largest absolute Gasteiger partial charge is 0.506 e. The van der Waals surface area contributed by atoms with Gasteiger partial charge in [0.05, 0.1) is 11.4 Å². The molecular weight excluding hydrogens is 292 g/mol. The van der Waals surface area contributed by atoms with Crippen LogP contribution >= 0.6 is 11.8 Å². The van der Waals surface area contributed by atoms with E-state index >= 15 is 0 Å². The second kappa shape index (κ2) is 5.52. The second-order valence-electron chi connectivity index (χ2n) is 6.22. The first-order chi connectivity index (χ1) is 10.7. The average molecular weight is 312 g/mol. The molecule has 0 spiro atoms. The normalized spacial score (nSPS) is 20.8. The van der Waals surface area contributed by atoms with E-state index in [4.69, 9.17) is 0 Å². The molecule has 0 aliphatic carbocycles. The minimum Gasteiger partial charge on any atom is -0.506 e. The van der Waals surface area contributed by atoms with Crippen molar-refractivity contribution in [2.24, 2.45) is 5.92 Å². The first-order valence-corrected chi connectivity index (χ1v) is 8.59. The van der Waals surface area contributed by atoms with Gasteiger partial charge in [-0.3, -0.25) is 0 Å². The van der Waals surface area contributed by atoms with Gasteiger partial charge >= 0.3 is 0 Å². The maximum atomic E-state index is 10.4. The van der Waals surface area contributed by atoms with Gasteiger partial charge in [0.15, 0.2) is 0 Å². The van der Waals surface area contributed by atoms with Crippen LogP contribution in [0.25, 0.3) is 0 Å². The van der Waals surface area contributed by atoms with Crippen molar-refractivity contribution < 1.29 is 5.11 Å². The Labute approximate surface area is 135 Å². The average Bonchev–Trinajstić information content (AvgIpc) is 2.92. The zero-order valence-electron chi connectivity index (χ0n) is 12.7. The van der Waals surface area contributed by atoms with Crippen LogP contribution in [0.2, 0.25) is 0 Å². The second-order valence-corrected chi connectivity index (χ2v) is 7.30. The molecule has 2 aliphatic rings. The molecule has 22 heavy (non-hydrogen) atoms. The molecule has 4 rings (SSSR count). The molecule has 1 fully saturated rings. The lowest BCUT2D eigenvalue weighted by atomic mass is 10.1. The van der Waals surface area contributed by atoms with Crippen molar-refractivity contribution in [2.75, 3.05) is 31.6 Å². The third-order valence-corrected chi connectivity index (χ3v) is 5.67. The Kier molecular flexibility index (Phi) is 3.51. The van der Waals surface area contributed by atoms with Crippen LogP contribution in [0.4, 0.5) is 11.4 Å². The summed E-state index contributed by atoms with van der Waals surface area (Å²) in [7, 11) is 2.19. The number of fused-ring (bicyclic) bond motifs is 2. The van der Waals surface area contributed by atoms with Crippen LogP contribution in [0.15, 0.2) is 52.3 Å². The lowest BCUT2D eigenvalue weighted by molar-refractivity contribution is 0.396. The van der Waals surface area contributed by atoms with Crippen molar-refractivity contribution in [1.29, 1.82) is 0 Å².